The van der Waals surface area contributed by atoms with Crippen LogP contribution in [0, 0.1) is 5.95 Å². The predicted molar refractivity (Wildman–Crippen MR) is 133 cm³/mol. The van der Waals surface area contributed by atoms with Gasteiger partial charge in [-0.15, -0.1) is 0 Å². The number of alkyl halides is 1. The third kappa shape index (κ3) is 5.18. The minimum Gasteiger partial charge on any atom is -0.490 e. The van der Waals surface area contributed by atoms with E-state index < -0.39 is 5.95 Å². The second kappa shape index (κ2) is 10.3. The average molecular weight is 546 g/mol. The van der Waals surface area contributed by atoms with E-state index in [0.717, 1.165) is 39.3 Å². The zero-order chi connectivity index (χ0) is 22.5. The fourth-order valence-corrected chi connectivity index (χ4v) is 3.59. The number of ether oxygens (including phenoxy) is 2. The normalized spacial score (nSPS) is 11.1. The topological polar surface area (TPSA) is 51.9 Å². The third-order valence-electron chi connectivity index (χ3n) is 4.93. The summed E-state index contributed by atoms with van der Waals surface area (Å²) in [7, 11) is 3.67. The Balaban J connectivity index is 1.49. The number of aromatic nitrogens is 3. The molecule has 3 aromatic heterocycles. The first-order valence-electron chi connectivity index (χ1n) is 10.2. The van der Waals surface area contributed by atoms with Crippen LogP contribution in [0.25, 0.3) is 28.0 Å². The Bertz CT molecular complexity index is 1190. The minimum atomic E-state index is -0.482. The van der Waals surface area contributed by atoms with Gasteiger partial charge in [0.15, 0.2) is 0 Å². The van der Waals surface area contributed by atoms with Crippen molar-refractivity contribution in [1.29, 1.82) is 0 Å². The Kier molecular flexibility index (Phi) is 7.21. The van der Waals surface area contributed by atoms with Crippen LogP contribution in [0.4, 0.5) is 10.2 Å². The van der Waals surface area contributed by atoms with Crippen LogP contribution in [0.1, 0.15) is 0 Å². The van der Waals surface area contributed by atoms with Gasteiger partial charge in [0, 0.05) is 35.8 Å². The Morgan fingerprint density at radius 1 is 0.906 bits per heavy atom. The molecule has 8 heteroatoms. The van der Waals surface area contributed by atoms with Gasteiger partial charge in [0.1, 0.15) is 23.8 Å². The summed E-state index contributed by atoms with van der Waals surface area (Å²) >= 11 is 2.28. The molecule has 4 aromatic rings. The van der Waals surface area contributed by atoms with Crippen molar-refractivity contribution >= 4 is 34.1 Å². The summed E-state index contributed by atoms with van der Waals surface area (Å²) in [5.74, 6) is 0.868. The smallest absolute Gasteiger partial charge is 0.222 e. The number of imidazole rings is 1. The second-order valence-corrected chi connectivity index (χ2v) is 8.46. The highest BCUT2D eigenvalue weighted by atomic mass is 127. The number of rotatable bonds is 9. The maximum absolute atomic E-state index is 14.5. The Morgan fingerprint density at radius 3 is 2.41 bits per heavy atom. The third-order valence-corrected chi connectivity index (χ3v) is 5.37. The van der Waals surface area contributed by atoms with E-state index in [1.54, 1.807) is 11.0 Å². The number of hydrogen-bond acceptors (Lipinski definition) is 5. The van der Waals surface area contributed by atoms with Crippen LogP contribution in [0.2, 0.25) is 0 Å². The fraction of sp³-hybridized carbons (Fsp3) is 0.250. The monoisotopic (exact) mass is 546 g/mol. The molecule has 0 aliphatic carbocycles. The highest BCUT2D eigenvalue weighted by molar-refractivity contribution is 14.1. The van der Waals surface area contributed by atoms with E-state index in [-0.39, 0.29) is 0 Å². The van der Waals surface area contributed by atoms with Crippen LogP contribution in [0.15, 0.2) is 60.9 Å². The lowest BCUT2D eigenvalue weighted by Gasteiger charge is -2.12. The molecule has 0 saturated carbocycles. The van der Waals surface area contributed by atoms with Crippen molar-refractivity contribution in [2.24, 2.45) is 0 Å². The summed E-state index contributed by atoms with van der Waals surface area (Å²) in [5.41, 5.74) is 3.85. The summed E-state index contributed by atoms with van der Waals surface area (Å²) in [6.07, 6.45) is 3.86. The van der Waals surface area contributed by atoms with Crippen molar-refractivity contribution in [1.82, 2.24) is 14.4 Å². The molecule has 3 heterocycles. The van der Waals surface area contributed by atoms with E-state index >= 15 is 0 Å². The van der Waals surface area contributed by atoms with E-state index in [0.29, 0.717) is 24.6 Å². The first-order chi connectivity index (χ1) is 15.5. The number of fused-ring (bicyclic) bond motifs is 1. The number of benzene rings is 1. The molecule has 0 N–H and O–H groups in total. The van der Waals surface area contributed by atoms with Crippen molar-refractivity contribution in [2.45, 2.75) is 0 Å². The molecule has 166 valence electrons. The van der Waals surface area contributed by atoms with Crippen LogP contribution in [0.5, 0.6) is 5.75 Å². The molecule has 1 aromatic carbocycles. The maximum Gasteiger partial charge on any atom is 0.222 e. The van der Waals surface area contributed by atoms with Gasteiger partial charge in [-0.2, -0.15) is 4.39 Å². The molecule has 4 rings (SSSR count). The molecule has 0 spiro atoms. The molecule has 0 fully saturated rings. The van der Waals surface area contributed by atoms with E-state index in [9.17, 15) is 4.39 Å². The highest BCUT2D eigenvalue weighted by Gasteiger charge is 2.10. The first kappa shape index (κ1) is 22.5. The molecule has 0 aliphatic heterocycles. The van der Waals surface area contributed by atoms with Gasteiger partial charge in [-0.25, -0.2) is 9.97 Å². The Hall–Kier alpha value is -2.72. The molecule has 32 heavy (non-hydrogen) atoms. The van der Waals surface area contributed by atoms with Crippen molar-refractivity contribution in [3.8, 4) is 28.1 Å². The molecule has 0 saturated heterocycles. The van der Waals surface area contributed by atoms with E-state index in [4.69, 9.17) is 9.47 Å². The van der Waals surface area contributed by atoms with Crippen molar-refractivity contribution in [3.63, 3.8) is 0 Å². The lowest BCUT2D eigenvalue weighted by molar-refractivity contribution is 0.113. The van der Waals surface area contributed by atoms with E-state index in [1.165, 1.54) is 0 Å². The molecule has 0 bridgehead atoms. The van der Waals surface area contributed by atoms with Crippen molar-refractivity contribution < 1.29 is 13.9 Å². The van der Waals surface area contributed by atoms with Gasteiger partial charge in [0.25, 0.3) is 0 Å². The van der Waals surface area contributed by atoms with Crippen LogP contribution in [-0.2, 0) is 4.74 Å². The largest absolute Gasteiger partial charge is 0.490 e. The summed E-state index contributed by atoms with van der Waals surface area (Å²) in [4.78, 5) is 10.5. The quantitative estimate of drug-likeness (QED) is 0.127. The Labute approximate surface area is 200 Å². The van der Waals surface area contributed by atoms with Gasteiger partial charge in [0.2, 0.25) is 5.95 Å². The number of nitrogens with zero attached hydrogens (tertiary/aromatic N) is 4. The van der Waals surface area contributed by atoms with Crippen molar-refractivity contribution in [3.05, 3.63) is 66.9 Å². The van der Waals surface area contributed by atoms with Gasteiger partial charge in [-0.3, -0.25) is 0 Å². The molecule has 0 radical (unpaired) electrons. The molecule has 0 amide bonds. The molecular formula is C24H24FIN4O2. The maximum atomic E-state index is 14.5. The first-order valence-corrected chi connectivity index (χ1v) is 11.8. The predicted octanol–water partition coefficient (Wildman–Crippen LogP) is 5.10. The minimum absolute atomic E-state index is 0.474. The number of pyridine rings is 2. The van der Waals surface area contributed by atoms with Gasteiger partial charge >= 0.3 is 0 Å². The summed E-state index contributed by atoms with van der Waals surface area (Å²) in [5, 5.41) is 0. The molecule has 6 nitrogen and oxygen atoms in total. The van der Waals surface area contributed by atoms with Crippen LogP contribution >= 0.6 is 22.6 Å². The van der Waals surface area contributed by atoms with Crippen LogP contribution in [-0.4, -0.2) is 52.7 Å². The van der Waals surface area contributed by atoms with Gasteiger partial charge in [-0.05, 0) is 29.8 Å². The van der Waals surface area contributed by atoms with Crippen molar-refractivity contribution in [2.75, 3.05) is 43.2 Å². The molecule has 0 atom stereocenters. The zero-order valence-corrected chi connectivity index (χ0v) is 20.1. The van der Waals surface area contributed by atoms with Gasteiger partial charge in [-0.1, -0.05) is 46.9 Å². The zero-order valence-electron chi connectivity index (χ0n) is 18.0. The van der Waals surface area contributed by atoms with E-state index in [2.05, 4.69) is 32.6 Å². The summed E-state index contributed by atoms with van der Waals surface area (Å²) in [6.45, 7) is 1.81. The second-order valence-electron chi connectivity index (χ2n) is 7.39. The lowest BCUT2D eigenvalue weighted by atomic mass is 10.0. The van der Waals surface area contributed by atoms with Gasteiger partial charge < -0.3 is 18.8 Å². The Morgan fingerprint density at radius 2 is 1.69 bits per heavy atom. The molecule has 0 unspecified atom stereocenters. The molecule has 0 aliphatic rings. The number of hydrogen-bond donors (Lipinski definition) is 0. The highest BCUT2D eigenvalue weighted by Crippen LogP contribution is 2.27. The standard InChI is InChI=1S/C24H24FIN4O2/c1-29(2)22-10-8-20(24(25)28-22)17-3-5-18(6-4-17)21-16-30-15-19(7-9-23(30)27-21)32-14-13-31-12-11-26/h3-10,15-16H,11-14H2,1-2H3. The summed E-state index contributed by atoms with van der Waals surface area (Å²) in [6, 6.07) is 15.1. The van der Waals surface area contributed by atoms with Crippen LogP contribution < -0.4 is 9.64 Å². The molecular weight excluding hydrogens is 522 g/mol. The van der Waals surface area contributed by atoms with Crippen LogP contribution in [0.3, 0.4) is 0 Å². The SMILES string of the molecule is CN(C)c1ccc(-c2ccc(-c3cn4cc(OCCOCCI)ccc4n3)cc2)c(F)n1. The summed E-state index contributed by atoms with van der Waals surface area (Å²) < 4.78 is 28.6. The number of anilines is 1. The number of halogens is 2. The lowest BCUT2D eigenvalue weighted by Crippen LogP contribution is -2.11. The average Bonchev–Trinajstić information content (AvgIpc) is 3.22. The fourth-order valence-electron chi connectivity index (χ4n) is 3.28. The van der Waals surface area contributed by atoms with E-state index in [1.807, 2.05) is 73.4 Å². The van der Waals surface area contributed by atoms with Gasteiger partial charge in [0.05, 0.1) is 25.1 Å².